The van der Waals surface area contributed by atoms with Crippen LogP contribution in [0.5, 0.6) is 5.75 Å². The maximum Gasteiger partial charge on any atom is 0.292 e. The van der Waals surface area contributed by atoms with Gasteiger partial charge in [0.1, 0.15) is 11.6 Å². The SMILES string of the molecule is CCCOc1ccc(N2C(=O)C[C@@H]([NH+]3CCN(c4ccc(F)cc4)CC3)C2=O)cc1. The van der Waals surface area contributed by atoms with E-state index >= 15 is 0 Å². The van der Waals surface area contributed by atoms with Crippen LogP contribution in [0.4, 0.5) is 15.8 Å². The Balaban J connectivity index is 1.39. The summed E-state index contributed by atoms with van der Waals surface area (Å²) >= 11 is 0. The summed E-state index contributed by atoms with van der Waals surface area (Å²) in [6.07, 6.45) is 1.16. The molecule has 0 unspecified atom stereocenters. The molecule has 0 saturated carbocycles. The highest BCUT2D eigenvalue weighted by Crippen LogP contribution is 2.25. The van der Waals surface area contributed by atoms with Gasteiger partial charge in [-0.25, -0.2) is 9.29 Å². The Morgan fingerprint density at radius 2 is 1.63 bits per heavy atom. The van der Waals surface area contributed by atoms with Crippen LogP contribution in [0.3, 0.4) is 0 Å². The van der Waals surface area contributed by atoms with Crippen LogP contribution in [-0.4, -0.2) is 50.6 Å². The number of imide groups is 1. The molecule has 0 bridgehead atoms. The number of rotatable bonds is 6. The minimum absolute atomic E-state index is 0.132. The fourth-order valence-corrected chi connectivity index (χ4v) is 4.19. The molecule has 1 N–H and O–H groups in total. The highest BCUT2D eigenvalue weighted by atomic mass is 19.1. The molecule has 2 heterocycles. The number of anilines is 2. The van der Waals surface area contributed by atoms with Gasteiger partial charge in [-0.1, -0.05) is 6.92 Å². The normalized spacial score (nSPS) is 20.1. The van der Waals surface area contributed by atoms with E-state index in [0.717, 1.165) is 48.9 Å². The van der Waals surface area contributed by atoms with Gasteiger partial charge in [-0.2, -0.15) is 0 Å². The molecule has 2 amide bonds. The van der Waals surface area contributed by atoms with Crippen molar-refractivity contribution in [2.75, 3.05) is 42.6 Å². The summed E-state index contributed by atoms with van der Waals surface area (Å²) in [6.45, 7) is 5.73. The number of amides is 2. The number of nitrogens with zero attached hydrogens (tertiary/aromatic N) is 2. The molecule has 1 atom stereocenters. The lowest BCUT2D eigenvalue weighted by atomic mass is 10.1. The Kier molecular flexibility index (Phi) is 5.99. The molecule has 2 saturated heterocycles. The van der Waals surface area contributed by atoms with Crippen LogP contribution >= 0.6 is 0 Å². The topological polar surface area (TPSA) is 54.3 Å². The molecule has 7 heteroatoms. The average Bonchev–Trinajstić information content (AvgIpc) is 3.07. The molecule has 2 aromatic carbocycles. The van der Waals surface area contributed by atoms with E-state index in [0.29, 0.717) is 12.3 Å². The number of hydrogen-bond donors (Lipinski definition) is 1. The molecule has 2 aliphatic rings. The number of piperazine rings is 1. The summed E-state index contributed by atoms with van der Waals surface area (Å²) in [5.74, 6) is 0.204. The monoisotopic (exact) mass is 412 g/mol. The predicted molar refractivity (Wildman–Crippen MR) is 112 cm³/mol. The molecule has 2 fully saturated rings. The van der Waals surface area contributed by atoms with Crippen molar-refractivity contribution in [1.29, 1.82) is 0 Å². The van der Waals surface area contributed by atoms with Gasteiger partial charge in [0, 0.05) is 5.69 Å². The third-order valence-corrected chi connectivity index (χ3v) is 5.80. The summed E-state index contributed by atoms with van der Waals surface area (Å²) in [4.78, 5) is 30.3. The lowest BCUT2D eigenvalue weighted by Gasteiger charge is -2.35. The van der Waals surface area contributed by atoms with E-state index in [9.17, 15) is 14.0 Å². The minimum atomic E-state index is -0.344. The van der Waals surface area contributed by atoms with Gasteiger partial charge in [0.05, 0.1) is 44.9 Å². The second kappa shape index (κ2) is 8.83. The molecule has 2 aromatic rings. The predicted octanol–water partition coefficient (Wildman–Crippen LogP) is 1.65. The van der Waals surface area contributed by atoms with Crippen LogP contribution in [0.2, 0.25) is 0 Å². The standard InChI is InChI=1S/C23H26FN3O3/c1-2-15-30-20-9-7-19(8-10-20)27-22(28)16-21(23(27)29)26-13-11-25(12-14-26)18-5-3-17(24)4-6-18/h3-10,21H,2,11-16H2,1H3/p+1/t21-/m1/s1. The summed E-state index contributed by atoms with van der Waals surface area (Å²) in [7, 11) is 0. The maximum atomic E-state index is 13.1. The molecule has 6 nitrogen and oxygen atoms in total. The van der Waals surface area contributed by atoms with Gasteiger partial charge >= 0.3 is 0 Å². The Bertz CT molecular complexity index is 893. The van der Waals surface area contributed by atoms with Gasteiger partial charge in [0.2, 0.25) is 5.91 Å². The summed E-state index contributed by atoms with van der Waals surface area (Å²) in [5, 5.41) is 0. The van der Waals surface area contributed by atoms with Crippen molar-refractivity contribution in [1.82, 2.24) is 0 Å². The zero-order chi connectivity index (χ0) is 21.1. The first-order chi connectivity index (χ1) is 14.6. The smallest absolute Gasteiger partial charge is 0.292 e. The van der Waals surface area contributed by atoms with Crippen molar-refractivity contribution in [2.24, 2.45) is 0 Å². The van der Waals surface area contributed by atoms with Crippen LogP contribution in [0, 0.1) is 5.82 Å². The second-order valence-corrected chi connectivity index (χ2v) is 7.79. The molecule has 0 aromatic heterocycles. The van der Waals surface area contributed by atoms with Gasteiger partial charge in [0.25, 0.3) is 5.91 Å². The number of halogens is 1. The van der Waals surface area contributed by atoms with Crippen molar-refractivity contribution < 1.29 is 23.6 Å². The quantitative estimate of drug-likeness (QED) is 0.734. The molecule has 0 radical (unpaired) electrons. The summed E-state index contributed by atoms with van der Waals surface area (Å²) in [5.41, 5.74) is 1.58. The summed E-state index contributed by atoms with van der Waals surface area (Å²) < 4.78 is 18.7. The molecule has 2 aliphatic heterocycles. The lowest BCUT2D eigenvalue weighted by Crippen LogP contribution is -3.19. The third-order valence-electron chi connectivity index (χ3n) is 5.80. The average molecular weight is 412 g/mol. The van der Waals surface area contributed by atoms with Crippen LogP contribution in [0.15, 0.2) is 48.5 Å². The zero-order valence-electron chi connectivity index (χ0n) is 17.1. The van der Waals surface area contributed by atoms with Gasteiger partial charge in [-0.15, -0.1) is 0 Å². The van der Waals surface area contributed by atoms with Crippen LogP contribution < -0.4 is 19.4 Å². The van der Waals surface area contributed by atoms with Crippen molar-refractivity contribution >= 4 is 23.2 Å². The van der Waals surface area contributed by atoms with Crippen LogP contribution in [0.25, 0.3) is 0 Å². The first kappa shape index (κ1) is 20.3. The van der Waals surface area contributed by atoms with E-state index in [4.69, 9.17) is 4.74 Å². The van der Waals surface area contributed by atoms with E-state index in [1.165, 1.54) is 17.0 Å². The van der Waals surface area contributed by atoms with Crippen molar-refractivity contribution in [3.63, 3.8) is 0 Å². The molecule has 4 rings (SSSR count). The van der Waals surface area contributed by atoms with Crippen molar-refractivity contribution in [3.05, 3.63) is 54.3 Å². The number of nitrogens with one attached hydrogen (secondary N) is 1. The zero-order valence-corrected chi connectivity index (χ0v) is 17.1. The van der Waals surface area contributed by atoms with E-state index in [2.05, 4.69) is 4.90 Å². The van der Waals surface area contributed by atoms with Gasteiger partial charge < -0.3 is 14.5 Å². The molecular weight excluding hydrogens is 385 g/mol. The molecule has 158 valence electrons. The van der Waals surface area contributed by atoms with E-state index in [1.807, 2.05) is 6.92 Å². The van der Waals surface area contributed by atoms with Crippen molar-refractivity contribution in [2.45, 2.75) is 25.8 Å². The van der Waals surface area contributed by atoms with E-state index < -0.39 is 0 Å². The number of hydrogen-bond acceptors (Lipinski definition) is 4. The highest BCUT2D eigenvalue weighted by Gasteiger charge is 2.46. The van der Waals surface area contributed by atoms with E-state index in [1.54, 1.807) is 36.4 Å². The maximum absolute atomic E-state index is 13.1. The number of carbonyl (C=O) groups is 2. The van der Waals surface area contributed by atoms with Crippen LogP contribution in [-0.2, 0) is 9.59 Å². The molecular formula is C23H27FN3O3+. The molecule has 0 aliphatic carbocycles. The Morgan fingerprint density at radius 3 is 2.27 bits per heavy atom. The number of carbonyl (C=O) groups excluding carboxylic acids is 2. The number of benzene rings is 2. The fourth-order valence-electron chi connectivity index (χ4n) is 4.19. The summed E-state index contributed by atoms with van der Waals surface area (Å²) in [6, 6.07) is 13.3. The van der Waals surface area contributed by atoms with Crippen LogP contribution in [0.1, 0.15) is 19.8 Å². The lowest BCUT2D eigenvalue weighted by molar-refractivity contribution is -0.915. The Hall–Kier alpha value is -2.93. The fraction of sp³-hybridized carbons (Fsp3) is 0.391. The first-order valence-electron chi connectivity index (χ1n) is 10.5. The largest absolute Gasteiger partial charge is 0.494 e. The first-order valence-corrected chi connectivity index (χ1v) is 10.5. The molecule has 30 heavy (non-hydrogen) atoms. The molecule has 0 spiro atoms. The number of quaternary nitrogens is 1. The number of ether oxygens (including phenoxy) is 1. The van der Waals surface area contributed by atoms with E-state index in [-0.39, 0.29) is 30.1 Å². The Labute approximate surface area is 175 Å². The third kappa shape index (κ3) is 4.16. The Morgan fingerprint density at radius 1 is 1.00 bits per heavy atom. The second-order valence-electron chi connectivity index (χ2n) is 7.79. The minimum Gasteiger partial charge on any atom is -0.494 e. The van der Waals surface area contributed by atoms with Crippen molar-refractivity contribution in [3.8, 4) is 5.75 Å². The van der Waals surface area contributed by atoms with Gasteiger partial charge in [-0.05, 0) is 55.0 Å². The van der Waals surface area contributed by atoms with Gasteiger partial charge in [0.15, 0.2) is 6.04 Å². The highest BCUT2D eigenvalue weighted by molar-refractivity contribution is 6.21. The van der Waals surface area contributed by atoms with Gasteiger partial charge in [-0.3, -0.25) is 9.59 Å².